The molecule has 0 saturated carbocycles. The standard InChI is InChI=1S/C19H22N4O/c1-4-20-18(17-9-10-22(3)21-17)12-19-16-7-5-6-14(2)15(16)8-11-23(19)13-24/h5-7,9-10,12-13H,4,8,11H2,1-3H3/b19-12-,20-18?. The Morgan fingerprint density at radius 3 is 2.88 bits per heavy atom. The lowest BCUT2D eigenvalue weighted by Crippen LogP contribution is -2.29. The highest BCUT2D eigenvalue weighted by atomic mass is 16.1. The molecule has 1 aromatic carbocycles. The minimum Gasteiger partial charge on any atom is -0.314 e. The predicted octanol–water partition coefficient (Wildman–Crippen LogP) is 2.59. The zero-order valence-electron chi connectivity index (χ0n) is 14.4. The Bertz CT molecular complexity index is 817. The Hall–Kier alpha value is -2.69. The summed E-state index contributed by atoms with van der Waals surface area (Å²) in [6, 6.07) is 8.17. The van der Waals surface area contributed by atoms with Crippen molar-refractivity contribution in [2.45, 2.75) is 20.3 Å². The molecule has 0 radical (unpaired) electrons. The first-order valence-electron chi connectivity index (χ1n) is 8.21. The quantitative estimate of drug-likeness (QED) is 0.642. The zero-order chi connectivity index (χ0) is 17.1. The van der Waals surface area contributed by atoms with E-state index in [0.717, 1.165) is 35.5 Å². The molecule has 1 aliphatic heterocycles. The second-order valence-corrected chi connectivity index (χ2v) is 5.91. The van der Waals surface area contributed by atoms with Crippen LogP contribution in [0.3, 0.4) is 0 Å². The van der Waals surface area contributed by atoms with Crippen molar-refractivity contribution in [1.82, 2.24) is 14.7 Å². The fourth-order valence-electron chi connectivity index (χ4n) is 3.10. The van der Waals surface area contributed by atoms with E-state index in [9.17, 15) is 4.79 Å². The van der Waals surface area contributed by atoms with E-state index in [1.807, 2.05) is 38.4 Å². The summed E-state index contributed by atoms with van der Waals surface area (Å²) in [4.78, 5) is 17.9. The van der Waals surface area contributed by atoms with E-state index in [1.54, 1.807) is 9.58 Å². The summed E-state index contributed by atoms with van der Waals surface area (Å²) >= 11 is 0. The largest absolute Gasteiger partial charge is 0.314 e. The van der Waals surface area contributed by atoms with E-state index < -0.39 is 0 Å². The van der Waals surface area contributed by atoms with E-state index in [1.165, 1.54) is 11.1 Å². The van der Waals surface area contributed by atoms with Crippen LogP contribution in [-0.2, 0) is 18.3 Å². The van der Waals surface area contributed by atoms with Crippen LogP contribution in [-0.4, -0.2) is 39.9 Å². The Morgan fingerprint density at radius 1 is 1.38 bits per heavy atom. The molecule has 0 bridgehead atoms. The van der Waals surface area contributed by atoms with Crippen molar-refractivity contribution in [3.05, 3.63) is 58.9 Å². The number of allylic oxidation sites excluding steroid dienone is 1. The number of carbonyl (C=O) groups is 1. The van der Waals surface area contributed by atoms with Gasteiger partial charge in [-0.3, -0.25) is 14.5 Å². The Balaban J connectivity index is 2.13. The molecule has 0 unspecified atom stereocenters. The van der Waals surface area contributed by atoms with Gasteiger partial charge in [0.2, 0.25) is 6.41 Å². The van der Waals surface area contributed by atoms with Crippen LogP contribution in [0, 0.1) is 6.92 Å². The lowest BCUT2D eigenvalue weighted by Gasteiger charge is -2.29. The van der Waals surface area contributed by atoms with Gasteiger partial charge >= 0.3 is 0 Å². The predicted molar refractivity (Wildman–Crippen MR) is 95.9 cm³/mol. The van der Waals surface area contributed by atoms with Gasteiger partial charge in [0.05, 0.1) is 11.4 Å². The van der Waals surface area contributed by atoms with Crippen molar-refractivity contribution in [2.24, 2.45) is 12.0 Å². The van der Waals surface area contributed by atoms with E-state index >= 15 is 0 Å². The number of carbonyl (C=O) groups excluding carboxylic acids is 1. The summed E-state index contributed by atoms with van der Waals surface area (Å²) in [6.07, 6.45) is 5.66. The van der Waals surface area contributed by atoms with Gasteiger partial charge in [-0.05, 0) is 43.5 Å². The molecule has 0 spiro atoms. The lowest BCUT2D eigenvalue weighted by molar-refractivity contribution is -0.115. The summed E-state index contributed by atoms with van der Waals surface area (Å²) in [5.41, 5.74) is 6.18. The highest BCUT2D eigenvalue weighted by Gasteiger charge is 2.22. The fourth-order valence-corrected chi connectivity index (χ4v) is 3.10. The first-order valence-corrected chi connectivity index (χ1v) is 8.21. The van der Waals surface area contributed by atoms with Crippen molar-refractivity contribution < 1.29 is 4.79 Å². The fraction of sp³-hybridized carbons (Fsp3) is 0.316. The molecule has 1 aliphatic rings. The average Bonchev–Trinajstić information content (AvgIpc) is 3.01. The van der Waals surface area contributed by atoms with E-state index in [4.69, 9.17) is 0 Å². The molecule has 1 aromatic heterocycles. The summed E-state index contributed by atoms with van der Waals surface area (Å²) in [7, 11) is 1.89. The smallest absolute Gasteiger partial charge is 0.214 e. The van der Waals surface area contributed by atoms with Gasteiger partial charge < -0.3 is 4.90 Å². The Labute approximate surface area is 142 Å². The van der Waals surface area contributed by atoms with Crippen LogP contribution < -0.4 is 0 Å². The number of aliphatic imine (C=N–C) groups is 1. The van der Waals surface area contributed by atoms with Crippen molar-refractivity contribution in [1.29, 1.82) is 0 Å². The topological polar surface area (TPSA) is 50.5 Å². The molecule has 0 atom stereocenters. The van der Waals surface area contributed by atoms with E-state index in [-0.39, 0.29) is 0 Å². The maximum Gasteiger partial charge on any atom is 0.214 e. The summed E-state index contributed by atoms with van der Waals surface area (Å²) in [5, 5.41) is 4.45. The first-order chi connectivity index (χ1) is 11.6. The molecule has 0 N–H and O–H groups in total. The zero-order valence-corrected chi connectivity index (χ0v) is 14.4. The van der Waals surface area contributed by atoms with Crippen LogP contribution >= 0.6 is 0 Å². The second kappa shape index (κ2) is 6.83. The third-order valence-electron chi connectivity index (χ3n) is 4.30. The van der Waals surface area contributed by atoms with Crippen molar-refractivity contribution >= 4 is 17.8 Å². The van der Waals surface area contributed by atoms with Gasteiger partial charge in [-0.15, -0.1) is 0 Å². The minimum atomic E-state index is 0.664. The molecule has 2 heterocycles. The van der Waals surface area contributed by atoms with Crippen LogP contribution in [0.5, 0.6) is 0 Å². The maximum absolute atomic E-state index is 11.6. The molecule has 124 valence electrons. The summed E-state index contributed by atoms with van der Waals surface area (Å²) in [5.74, 6) is 0. The van der Waals surface area contributed by atoms with Crippen molar-refractivity contribution in [3.8, 4) is 0 Å². The molecule has 2 aromatic rings. The van der Waals surface area contributed by atoms with Crippen molar-refractivity contribution in [2.75, 3.05) is 13.1 Å². The van der Waals surface area contributed by atoms with Crippen molar-refractivity contribution in [3.63, 3.8) is 0 Å². The number of fused-ring (bicyclic) bond motifs is 1. The van der Waals surface area contributed by atoms with Gasteiger partial charge in [0.15, 0.2) is 0 Å². The van der Waals surface area contributed by atoms with Crippen LogP contribution in [0.1, 0.15) is 29.3 Å². The van der Waals surface area contributed by atoms with Gasteiger partial charge in [-0.2, -0.15) is 5.10 Å². The average molecular weight is 322 g/mol. The Morgan fingerprint density at radius 2 is 2.21 bits per heavy atom. The highest BCUT2D eigenvalue weighted by molar-refractivity contribution is 6.11. The minimum absolute atomic E-state index is 0.664. The molecule has 5 nitrogen and oxygen atoms in total. The number of amides is 1. The molecule has 0 aliphatic carbocycles. The Kier molecular flexibility index (Phi) is 4.60. The van der Waals surface area contributed by atoms with Crippen LogP contribution in [0.25, 0.3) is 5.70 Å². The van der Waals surface area contributed by atoms with Gasteiger partial charge in [-0.1, -0.05) is 18.2 Å². The maximum atomic E-state index is 11.6. The SMILES string of the molecule is CCN=C(/C=C1/c2cccc(C)c2CCN1C=O)c1ccn(C)n1. The highest BCUT2D eigenvalue weighted by Crippen LogP contribution is 2.30. The van der Waals surface area contributed by atoms with Gasteiger partial charge in [0, 0.05) is 31.9 Å². The molecule has 0 fully saturated rings. The molecular formula is C19H22N4O. The molecule has 0 saturated heterocycles. The van der Waals surface area contributed by atoms with Crippen LogP contribution in [0.4, 0.5) is 0 Å². The monoisotopic (exact) mass is 322 g/mol. The second-order valence-electron chi connectivity index (χ2n) is 5.91. The number of nitrogens with zero attached hydrogens (tertiary/aromatic N) is 4. The first kappa shape index (κ1) is 16.2. The van der Waals surface area contributed by atoms with Gasteiger partial charge in [-0.25, -0.2) is 0 Å². The number of rotatable bonds is 4. The molecule has 1 amide bonds. The van der Waals surface area contributed by atoms with Crippen LogP contribution in [0.2, 0.25) is 0 Å². The summed E-state index contributed by atoms with van der Waals surface area (Å²) < 4.78 is 1.76. The summed E-state index contributed by atoms with van der Waals surface area (Å²) in [6.45, 7) is 5.47. The normalized spacial score (nSPS) is 16.4. The molecular weight excluding hydrogens is 300 g/mol. The number of hydrogen-bond acceptors (Lipinski definition) is 3. The number of aromatic nitrogens is 2. The van der Waals surface area contributed by atoms with Gasteiger partial charge in [0.25, 0.3) is 0 Å². The lowest BCUT2D eigenvalue weighted by atomic mass is 9.92. The molecule has 24 heavy (non-hydrogen) atoms. The number of benzene rings is 1. The molecule has 5 heteroatoms. The van der Waals surface area contributed by atoms with E-state index in [2.05, 4.69) is 29.1 Å². The molecule has 3 rings (SSSR count). The number of aryl methyl sites for hydroxylation is 2. The third kappa shape index (κ3) is 3.02. The van der Waals surface area contributed by atoms with Crippen LogP contribution in [0.15, 0.2) is 41.5 Å². The number of hydrogen-bond donors (Lipinski definition) is 0. The van der Waals surface area contributed by atoms with E-state index in [0.29, 0.717) is 13.1 Å². The third-order valence-corrected chi connectivity index (χ3v) is 4.30. The van der Waals surface area contributed by atoms with Gasteiger partial charge in [0.1, 0.15) is 5.69 Å².